The number of carbonyl (C=O) groups is 1. The summed E-state index contributed by atoms with van der Waals surface area (Å²) in [5.41, 5.74) is 6.35. The summed E-state index contributed by atoms with van der Waals surface area (Å²) in [6.45, 7) is 5.21. The largest absolute Gasteiger partial charge is 0.497 e. The van der Waals surface area contributed by atoms with Crippen molar-refractivity contribution in [3.05, 3.63) is 101 Å². The Balaban J connectivity index is 0.000000243. The Hall–Kier alpha value is -3.57. The highest BCUT2D eigenvalue weighted by molar-refractivity contribution is 5.84. The van der Waals surface area contributed by atoms with Gasteiger partial charge in [0, 0.05) is 36.2 Å². The van der Waals surface area contributed by atoms with Crippen LogP contribution < -0.4 is 4.74 Å². The number of hydrogen-bond donors (Lipinski definition) is 1. The summed E-state index contributed by atoms with van der Waals surface area (Å²) in [6, 6.07) is 26.6. The lowest BCUT2D eigenvalue weighted by molar-refractivity contribution is -0.121. The fourth-order valence-corrected chi connectivity index (χ4v) is 4.24. The monoisotopic (exact) mass is 441 g/mol. The van der Waals surface area contributed by atoms with Gasteiger partial charge in [-0.05, 0) is 42.7 Å². The van der Waals surface area contributed by atoms with E-state index in [2.05, 4.69) is 53.2 Å². The van der Waals surface area contributed by atoms with Crippen LogP contribution in [0.15, 0.2) is 78.9 Å². The van der Waals surface area contributed by atoms with Crippen LogP contribution >= 0.6 is 0 Å². The lowest BCUT2D eigenvalue weighted by atomic mass is 10.0. The minimum Gasteiger partial charge on any atom is -0.497 e. The molecule has 0 bridgehead atoms. The number of rotatable bonds is 6. The van der Waals surface area contributed by atoms with Crippen LogP contribution in [-0.2, 0) is 24.3 Å². The third-order valence-electron chi connectivity index (χ3n) is 5.98. The molecule has 0 atom stereocenters. The van der Waals surface area contributed by atoms with Crippen LogP contribution in [0.25, 0.3) is 10.9 Å². The number of para-hydroxylation sites is 1. The molecule has 2 heterocycles. The number of amides is 1. The molecule has 0 radical (unpaired) electrons. The number of benzene rings is 3. The Kier molecular flexibility index (Phi) is 7.43. The summed E-state index contributed by atoms with van der Waals surface area (Å²) in [6.07, 6.45) is 1.98. The van der Waals surface area contributed by atoms with E-state index < -0.39 is 0 Å². The summed E-state index contributed by atoms with van der Waals surface area (Å²) in [5.74, 6) is 0.917. The van der Waals surface area contributed by atoms with Crippen molar-refractivity contribution in [2.45, 2.75) is 26.4 Å². The first-order valence-corrected chi connectivity index (χ1v) is 11.3. The van der Waals surface area contributed by atoms with Crippen molar-refractivity contribution in [1.82, 2.24) is 14.8 Å². The second-order valence-corrected chi connectivity index (χ2v) is 8.43. The molecule has 5 nitrogen and oxygen atoms in total. The maximum atomic E-state index is 11.5. The van der Waals surface area contributed by atoms with E-state index in [0.717, 1.165) is 37.2 Å². The highest BCUT2D eigenvalue weighted by Crippen LogP contribution is 2.27. The second-order valence-electron chi connectivity index (χ2n) is 8.43. The topological polar surface area (TPSA) is 48.6 Å². The van der Waals surface area contributed by atoms with Crippen LogP contribution in [0.5, 0.6) is 5.75 Å². The number of H-pyrrole nitrogens is 1. The fraction of sp³-hybridized carbons (Fsp3) is 0.250. The fourth-order valence-electron chi connectivity index (χ4n) is 4.24. The SMILES string of the molecule is COc1ccc(C)cc1.O=CN(Cc1ccccc1)CN1CCc2c([nH]c3ccccc23)C1. The normalized spacial score (nSPS) is 13.0. The van der Waals surface area contributed by atoms with Crippen LogP contribution in [0, 0.1) is 6.92 Å². The smallest absolute Gasteiger partial charge is 0.211 e. The molecule has 0 saturated heterocycles. The minimum absolute atomic E-state index is 0.653. The van der Waals surface area contributed by atoms with E-state index in [1.54, 1.807) is 7.11 Å². The number of aromatic nitrogens is 1. The number of carbonyl (C=O) groups excluding carboxylic acids is 1. The minimum atomic E-state index is 0.653. The summed E-state index contributed by atoms with van der Waals surface area (Å²) in [4.78, 5) is 19.2. The Morgan fingerprint density at radius 2 is 1.73 bits per heavy atom. The zero-order valence-electron chi connectivity index (χ0n) is 19.3. The number of aromatic amines is 1. The predicted octanol–water partition coefficient (Wildman–Crippen LogP) is 5.15. The molecule has 3 aromatic carbocycles. The van der Waals surface area contributed by atoms with Crippen LogP contribution in [0.3, 0.4) is 0 Å². The predicted molar refractivity (Wildman–Crippen MR) is 133 cm³/mol. The number of fused-ring (bicyclic) bond motifs is 3. The Labute approximate surface area is 195 Å². The molecular formula is C28H31N3O2. The van der Waals surface area contributed by atoms with Gasteiger partial charge in [0.25, 0.3) is 0 Å². The zero-order chi connectivity index (χ0) is 23.0. The van der Waals surface area contributed by atoms with Gasteiger partial charge in [-0.1, -0.05) is 66.2 Å². The molecule has 1 aliphatic heterocycles. The van der Waals surface area contributed by atoms with E-state index in [4.69, 9.17) is 4.74 Å². The molecule has 170 valence electrons. The van der Waals surface area contributed by atoms with Crippen molar-refractivity contribution < 1.29 is 9.53 Å². The van der Waals surface area contributed by atoms with Crippen molar-refractivity contribution in [1.29, 1.82) is 0 Å². The molecular weight excluding hydrogens is 410 g/mol. The third kappa shape index (κ3) is 5.82. The molecule has 4 aromatic rings. The van der Waals surface area contributed by atoms with E-state index in [9.17, 15) is 4.79 Å². The van der Waals surface area contributed by atoms with Crippen molar-refractivity contribution in [2.75, 3.05) is 20.3 Å². The molecule has 0 fully saturated rings. The van der Waals surface area contributed by atoms with Gasteiger partial charge in [0.15, 0.2) is 0 Å². The average Bonchev–Trinajstić information content (AvgIpc) is 3.23. The third-order valence-corrected chi connectivity index (χ3v) is 5.98. The maximum Gasteiger partial charge on any atom is 0.211 e. The molecule has 1 aliphatic rings. The molecule has 5 rings (SSSR count). The summed E-state index contributed by atoms with van der Waals surface area (Å²) >= 11 is 0. The molecule has 1 aromatic heterocycles. The zero-order valence-corrected chi connectivity index (χ0v) is 19.3. The average molecular weight is 442 g/mol. The number of nitrogens with one attached hydrogen (secondary N) is 1. The number of methoxy groups -OCH3 is 1. The van der Waals surface area contributed by atoms with Gasteiger partial charge in [0.2, 0.25) is 6.41 Å². The maximum absolute atomic E-state index is 11.5. The highest BCUT2D eigenvalue weighted by atomic mass is 16.5. The van der Waals surface area contributed by atoms with Gasteiger partial charge in [-0.3, -0.25) is 9.69 Å². The van der Waals surface area contributed by atoms with Crippen molar-refractivity contribution in [3.63, 3.8) is 0 Å². The molecule has 5 heteroatoms. The Morgan fingerprint density at radius 3 is 2.45 bits per heavy atom. The van der Waals surface area contributed by atoms with Crippen LogP contribution in [0.4, 0.5) is 0 Å². The van der Waals surface area contributed by atoms with E-state index in [0.29, 0.717) is 13.2 Å². The highest BCUT2D eigenvalue weighted by Gasteiger charge is 2.21. The summed E-state index contributed by atoms with van der Waals surface area (Å²) in [5, 5.41) is 1.34. The number of hydrogen-bond acceptors (Lipinski definition) is 3. The molecule has 0 saturated carbocycles. The van der Waals surface area contributed by atoms with Crippen LogP contribution in [0.2, 0.25) is 0 Å². The van der Waals surface area contributed by atoms with Gasteiger partial charge in [-0.2, -0.15) is 0 Å². The number of aryl methyl sites for hydroxylation is 1. The van der Waals surface area contributed by atoms with E-state index in [1.807, 2.05) is 47.4 Å². The Bertz CT molecular complexity index is 1170. The van der Waals surface area contributed by atoms with Gasteiger partial charge >= 0.3 is 0 Å². The van der Waals surface area contributed by atoms with Crippen molar-refractivity contribution in [3.8, 4) is 5.75 Å². The van der Waals surface area contributed by atoms with Gasteiger partial charge in [0.1, 0.15) is 5.75 Å². The van der Waals surface area contributed by atoms with Crippen LogP contribution in [-0.4, -0.2) is 41.5 Å². The summed E-state index contributed by atoms with van der Waals surface area (Å²) < 4.78 is 4.97. The molecule has 0 aliphatic carbocycles. The lowest BCUT2D eigenvalue weighted by Gasteiger charge is -2.31. The first-order chi connectivity index (χ1) is 16.2. The van der Waals surface area contributed by atoms with Gasteiger partial charge in [-0.25, -0.2) is 0 Å². The van der Waals surface area contributed by atoms with Crippen molar-refractivity contribution >= 4 is 17.3 Å². The lowest BCUT2D eigenvalue weighted by Crippen LogP contribution is -2.39. The molecule has 1 amide bonds. The van der Waals surface area contributed by atoms with Gasteiger partial charge in [0.05, 0.1) is 13.8 Å². The number of nitrogens with zero attached hydrogens (tertiary/aromatic N) is 2. The first kappa shape index (κ1) is 22.6. The van der Waals surface area contributed by atoms with Crippen molar-refractivity contribution in [2.24, 2.45) is 0 Å². The molecule has 1 N–H and O–H groups in total. The first-order valence-electron chi connectivity index (χ1n) is 11.3. The molecule has 0 unspecified atom stereocenters. The summed E-state index contributed by atoms with van der Waals surface area (Å²) in [7, 11) is 1.67. The Morgan fingerprint density at radius 1 is 1.00 bits per heavy atom. The number of ether oxygens (including phenoxy) is 1. The van der Waals surface area contributed by atoms with E-state index >= 15 is 0 Å². The second kappa shape index (κ2) is 10.8. The standard InChI is InChI=1S/C20H21N3O.C8H10O/c24-15-23(12-16-6-2-1-3-7-16)14-22-11-10-18-17-8-4-5-9-19(17)21-20(18)13-22;1-7-3-5-8(9-2)6-4-7/h1-9,15,21H,10-14H2;3-6H,1-2H3. The van der Waals surface area contributed by atoms with E-state index in [-0.39, 0.29) is 0 Å². The van der Waals surface area contributed by atoms with Crippen LogP contribution in [0.1, 0.15) is 22.4 Å². The van der Waals surface area contributed by atoms with E-state index in [1.165, 1.54) is 27.7 Å². The van der Waals surface area contributed by atoms with Gasteiger partial charge in [-0.15, -0.1) is 0 Å². The molecule has 0 spiro atoms. The quantitative estimate of drug-likeness (QED) is 0.421. The van der Waals surface area contributed by atoms with Gasteiger partial charge < -0.3 is 14.6 Å². The molecule has 33 heavy (non-hydrogen) atoms.